The van der Waals surface area contributed by atoms with Gasteiger partial charge in [0.1, 0.15) is 28.7 Å². The highest BCUT2D eigenvalue weighted by atomic mass is 35.5. The van der Waals surface area contributed by atoms with Gasteiger partial charge in [0, 0.05) is 94.4 Å². The van der Waals surface area contributed by atoms with E-state index in [1.165, 1.54) is 53.5 Å². The number of allylic oxidation sites excluding steroid dienone is 6. The van der Waals surface area contributed by atoms with Crippen molar-refractivity contribution in [2.45, 2.75) is 195 Å². The Morgan fingerprint density at radius 2 is 0.828 bits per heavy atom. The molecule has 4 aliphatic carbocycles. The number of fused-ring (bicyclic) bond motifs is 9. The van der Waals surface area contributed by atoms with Gasteiger partial charge in [0.25, 0.3) is 5.70 Å². The fourth-order valence-electron chi connectivity index (χ4n) is 16.5. The number of Topliss-reactive ketones (excluding diaryl/α,β-unsaturated/α-hetero) is 2. The molecule has 99 heavy (non-hydrogen) atoms. The molecule has 0 amide bonds. The van der Waals surface area contributed by atoms with Gasteiger partial charge in [-0.15, -0.1) is 45.3 Å². The summed E-state index contributed by atoms with van der Waals surface area (Å²) >= 11 is 34.6. The Balaban J connectivity index is 1.02. The predicted octanol–water partition coefficient (Wildman–Crippen LogP) is 27.4. The van der Waals surface area contributed by atoms with Gasteiger partial charge in [-0.25, -0.2) is 10.1 Å². The van der Waals surface area contributed by atoms with E-state index in [0.29, 0.717) is 57.1 Å². The summed E-state index contributed by atoms with van der Waals surface area (Å²) in [6.07, 6.45) is 25.7. The molecule has 0 bridgehead atoms. The summed E-state index contributed by atoms with van der Waals surface area (Å²) in [6.45, 7) is 26.6. The van der Waals surface area contributed by atoms with E-state index >= 15 is 0 Å². The van der Waals surface area contributed by atoms with Gasteiger partial charge in [-0.2, -0.15) is 19.3 Å². The molecular formula is C82H80Cl4N6O2S5. The summed E-state index contributed by atoms with van der Waals surface area (Å²) in [4.78, 5) is 41.9. The lowest BCUT2D eigenvalue weighted by atomic mass is 9.65. The van der Waals surface area contributed by atoms with Crippen molar-refractivity contribution in [1.29, 1.82) is 15.8 Å². The average Bonchev–Trinajstić information content (AvgIpc) is 1.54. The van der Waals surface area contributed by atoms with Crippen LogP contribution in [0, 0.1) is 64.2 Å². The normalized spacial score (nSPS) is 19.0. The minimum atomic E-state index is -0.333. The van der Waals surface area contributed by atoms with Gasteiger partial charge < -0.3 is 0 Å². The first-order valence-electron chi connectivity index (χ1n) is 35.4. The van der Waals surface area contributed by atoms with Gasteiger partial charge in [0.05, 0.1) is 44.5 Å². The largest absolute Gasteiger partial charge is 0.289 e. The smallest absolute Gasteiger partial charge is 0.270 e. The van der Waals surface area contributed by atoms with E-state index in [0.717, 1.165) is 170 Å². The number of halogens is 4. The molecule has 4 aliphatic rings. The van der Waals surface area contributed by atoms with Gasteiger partial charge in [-0.3, -0.25) is 9.59 Å². The van der Waals surface area contributed by atoms with Crippen molar-refractivity contribution < 1.29 is 9.59 Å². The molecule has 8 nitrogen and oxygen atoms in total. The molecule has 5 aromatic heterocycles. The molecule has 17 heteroatoms. The zero-order valence-corrected chi connectivity index (χ0v) is 64.5. The van der Waals surface area contributed by atoms with Crippen molar-refractivity contribution in [1.82, 2.24) is 8.75 Å². The Morgan fingerprint density at radius 3 is 1.17 bits per heavy atom. The van der Waals surface area contributed by atoms with E-state index in [-0.39, 0.29) is 64.9 Å². The number of benzene rings is 3. The highest BCUT2D eigenvalue weighted by Gasteiger charge is 2.51. The Kier molecular flexibility index (Phi) is 22.5. The van der Waals surface area contributed by atoms with Crippen molar-refractivity contribution in [2.75, 3.05) is 0 Å². The number of ketones is 2. The fraction of sp³-hybridized carbons (Fsp3) is 0.415. The molecule has 4 atom stereocenters. The van der Waals surface area contributed by atoms with E-state index in [1.807, 2.05) is 34.8 Å². The summed E-state index contributed by atoms with van der Waals surface area (Å²) < 4.78 is 10.4. The second kappa shape index (κ2) is 30.7. The summed E-state index contributed by atoms with van der Waals surface area (Å²) in [5.41, 5.74) is 10.9. The van der Waals surface area contributed by atoms with Crippen molar-refractivity contribution in [2.24, 2.45) is 23.7 Å². The van der Waals surface area contributed by atoms with E-state index in [9.17, 15) is 25.4 Å². The topological polar surface area (TPSA) is 136 Å². The number of carbonyl (C=O) groups is 2. The standard InChI is InChI=1S/C82H80Cl4N6O2S5/c1-10-18-22-45(14-5)38-81(39-46(15-6)23-19-11-2)60-30-50(28-58-71(49(42-87)43-88)54-32-64(83)66(85)34-56(54)75(58)93)95-77(60)79-62(81)36-69(97-79)52-26-27-53(74-73(52)91-99-92-74)70-37-63-80(98-70)78-61(82(63,40-47(16-7)24-20-12-3)41-48(17-8)25-21-13-4)31-51(96-78)29-59-72(68(44-89)90-9)55-33-65(84)67(86)35-57(55)76(59)94/h26-37,45-48H,10-25,38-41H2,1-8H3/b58-28-,59-29-,72-68+. The van der Waals surface area contributed by atoms with E-state index in [1.54, 1.807) is 46.9 Å². The maximum Gasteiger partial charge on any atom is 0.270 e. The average molecular weight is 1480 g/mol. The minimum absolute atomic E-state index is 0.151. The van der Waals surface area contributed by atoms with Crippen LogP contribution in [0.3, 0.4) is 0 Å². The molecule has 0 fully saturated rings. The van der Waals surface area contributed by atoms with Crippen molar-refractivity contribution >= 4 is 149 Å². The molecule has 0 N–H and O–H groups in total. The van der Waals surface area contributed by atoms with Crippen LogP contribution in [0.5, 0.6) is 0 Å². The van der Waals surface area contributed by atoms with Crippen LogP contribution in [0.15, 0.2) is 83.1 Å². The number of nitriles is 3. The Labute approximate surface area is 623 Å². The van der Waals surface area contributed by atoms with Crippen LogP contribution >= 0.6 is 103 Å². The molecule has 12 rings (SSSR count). The lowest BCUT2D eigenvalue weighted by Gasteiger charge is -2.37. The first-order chi connectivity index (χ1) is 47.9. The number of unbranched alkanes of at least 4 members (excludes halogenated alkanes) is 4. The van der Waals surface area contributed by atoms with Crippen LogP contribution in [-0.4, -0.2) is 20.3 Å². The Morgan fingerprint density at radius 1 is 0.485 bits per heavy atom. The molecule has 8 aromatic rings. The lowest BCUT2D eigenvalue weighted by Crippen LogP contribution is -2.31. The Hall–Kier alpha value is -6.30. The molecule has 3 aromatic carbocycles. The van der Waals surface area contributed by atoms with Crippen LogP contribution in [-0.2, 0) is 10.8 Å². The van der Waals surface area contributed by atoms with Gasteiger partial charge in [-0.1, -0.05) is 217 Å². The molecule has 0 saturated heterocycles. The highest BCUT2D eigenvalue weighted by Crippen LogP contribution is 2.65. The van der Waals surface area contributed by atoms with Crippen LogP contribution in [0.25, 0.3) is 79.6 Å². The van der Waals surface area contributed by atoms with Gasteiger partial charge in [-0.05, 0) is 143 Å². The number of thiophene rings is 4. The molecule has 0 spiro atoms. The SMILES string of the molecule is [C-]#[N+]/C(C#N)=C1/C(=C/c2cc3c(s2)-c2sc(-c4ccc(-c5cc6c(s5)-c5sc(/C=C7\C(=O)c8cc(Cl)c(Cl)cc8C7=C(C#N)C#N)cc5C6(CC(CC)CCCC)CC(CC)CCCC)c5nsnc45)cc2C3(CC(CC)CCCC)CC(CC)CCCC)C(=O)c2cc(Cl)c(Cl)cc21. The highest BCUT2D eigenvalue weighted by molar-refractivity contribution is 7.25. The number of aromatic nitrogens is 2. The maximum absolute atomic E-state index is 14.6. The first kappa shape index (κ1) is 72.5. The summed E-state index contributed by atoms with van der Waals surface area (Å²) in [5, 5.41) is 32.1. The summed E-state index contributed by atoms with van der Waals surface area (Å²) in [6, 6.07) is 26.8. The van der Waals surface area contributed by atoms with Crippen LogP contribution in [0.2, 0.25) is 20.1 Å². The first-order valence-corrected chi connectivity index (χ1v) is 40.9. The van der Waals surface area contributed by atoms with E-state index in [2.05, 4.69) is 115 Å². The lowest BCUT2D eigenvalue weighted by molar-refractivity contribution is 0.103. The molecule has 0 radical (unpaired) electrons. The zero-order chi connectivity index (χ0) is 70.2. The van der Waals surface area contributed by atoms with Gasteiger partial charge in [0.2, 0.25) is 0 Å². The molecule has 508 valence electrons. The molecule has 4 unspecified atom stereocenters. The number of rotatable bonds is 28. The third-order valence-corrected chi connectivity index (χ3v) is 28.6. The predicted molar refractivity (Wildman–Crippen MR) is 419 cm³/mol. The van der Waals surface area contributed by atoms with E-state index < -0.39 is 0 Å². The quantitative estimate of drug-likeness (QED) is 0.0271. The second-order valence-electron chi connectivity index (χ2n) is 27.6. The second-order valence-corrected chi connectivity index (χ2v) is 34.0. The number of hydrogen-bond donors (Lipinski definition) is 0. The maximum atomic E-state index is 14.6. The third kappa shape index (κ3) is 13.2. The number of nitrogens with zero attached hydrogens (tertiary/aromatic N) is 6. The molecule has 5 heterocycles. The summed E-state index contributed by atoms with van der Waals surface area (Å²) in [5.74, 6) is 1.30. The third-order valence-electron chi connectivity index (χ3n) is 21.8. The monoisotopic (exact) mass is 1480 g/mol. The number of carbonyl (C=O) groups excluding carboxylic acids is 2. The van der Waals surface area contributed by atoms with Gasteiger partial charge >= 0.3 is 0 Å². The van der Waals surface area contributed by atoms with Crippen molar-refractivity contribution in [3.63, 3.8) is 0 Å². The van der Waals surface area contributed by atoms with Gasteiger partial charge in [0.15, 0.2) is 11.6 Å². The Bertz CT molecular complexity index is 4480. The summed E-state index contributed by atoms with van der Waals surface area (Å²) in [7, 11) is 0. The van der Waals surface area contributed by atoms with Crippen molar-refractivity contribution in [3.8, 4) is 58.6 Å². The van der Waals surface area contributed by atoms with E-state index in [4.69, 9.17) is 61.7 Å². The zero-order valence-electron chi connectivity index (χ0n) is 57.4. The molecule has 0 aliphatic heterocycles. The minimum Gasteiger partial charge on any atom is -0.289 e. The van der Waals surface area contributed by atoms with Crippen LogP contribution in [0.1, 0.15) is 248 Å². The van der Waals surface area contributed by atoms with Crippen molar-refractivity contribution in [3.05, 3.63) is 169 Å². The molecular weight excluding hydrogens is 1400 g/mol. The van der Waals surface area contributed by atoms with Crippen LogP contribution < -0.4 is 0 Å². The number of hydrogen-bond acceptors (Lipinski definition) is 12. The fourth-order valence-corrected chi connectivity index (χ4v) is 23.0. The molecule has 0 saturated carbocycles. The van der Waals surface area contributed by atoms with Crippen LogP contribution in [0.4, 0.5) is 0 Å².